The Morgan fingerprint density at radius 1 is 1.00 bits per heavy atom. The minimum atomic E-state index is 0.840. The first-order valence-corrected chi connectivity index (χ1v) is 6.88. The molecule has 0 radical (unpaired) electrons. The quantitative estimate of drug-likeness (QED) is 0.672. The fraction of sp³-hybridized carbons (Fsp3) is 0.625. The fourth-order valence-electron chi connectivity index (χ4n) is 2.84. The van der Waals surface area contributed by atoms with Gasteiger partial charge in [0.25, 0.3) is 0 Å². The van der Waals surface area contributed by atoms with Gasteiger partial charge in [0.05, 0.1) is 0 Å². The molecule has 0 heteroatoms. The number of hydrogen-bond acceptors (Lipinski definition) is 0. The van der Waals surface area contributed by atoms with Crippen LogP contribution in [0.1, 0.15) is 63.0 Å². The molecule has 0 bridgehead atoms. The van der Waals surface area contributed by atoms with Gasteiger partial charge in [-0.3, -0.25) is 0 Å². The third kappa shape index (κ3) is 2.87. The molecule has 0 amide bonds. The van der Waals surface area contributed by atoms with Crippen LogP contribution in [-0.4, -0.2) is 0 Å². The molecule has 88 valence electrons. The first-order chi connectivity index (χ1) is 7.79. The molecule has 0 N–H and O–H groups in total. The van der Waals surface area contributed by atoms with Gasteiger partial charge in [0.1, 0.15) is 0 Å². The van der Waals surface area contributed by atoms with Crippen LogP contribution < -0.4 is 0 Å². The molecule has 1 aliphatic carbocycles. The summed E-state index contributed by atoms with van der Waals surface area (Å²) in [6.07, 6.45) is 8.10. The molecule has 1 saturated carbocycles. The van der Waals surface area contributed by atoms with E-state index >= 15 is 0 Å². The first kappa shape index (κ1) is 11.7. The molecule has 0 heterocycles. The average Bonchev–Trinajstić information content (AvgIpc) is 2.32. The van der Waals surface area contributed by atoms with Gasteiger partial charge in [0, 0.05) is 0 Å². The summed E-state index contributed by atoms with van der Waals surface area (Å²) < 4.78 is 0. The lowest BCUT2D eigenvalue weighted by Gasteiger charge is -2.26. The maximum atomic E-state index is 2.39. The van der Waals surface area contributed by atoms with Crippen LogP contribution in [0.4, 0.5) is 0 Å². The maximum absolute atomic E-state index is 2.39. The second-order valence-corrected chi connectivity index (χ2v) is 5.45. The molecule has 0 saturated heterocycles. The van der Waals surface area contributed by atoms with E-state index in [-0.39, 0.29) is 0 Å². The van der Waals surface area contributed by atoms with Crippen molar-refractivity contribution >= 4 is 0 Å². The third-order valence-electron chi connectivity index (χ3n) is 4.01. The van der Waals surface area contributed by atoms with Crippen LogP contribution >= 0.6 is 0 Å². The van der Waals surface area contributed by atoms with E-state index in [4.69, 9.17) is 0 Å². The minimum absolute atomic E-state index is 0.840. The second-order valence-electron chi connectivity index (χ2n) is 5.45. The summed E-state index contributed by atoms with van der Waals surface area (Å²) in [7, 11) is 0. The van der Waals surface area contributed by atoms with Crippen molar-refractivity contribution in [2.24, 2.45) is 5.92 Å². The van der Waals surface area contributed by atoms with Crippen LogP contribution in [0.25, 0.3) is 0 Å². The second kappa shape index (κ2) is 5.52. The van der Waals surface area contributed by atoms with Gasteiger partial charge in [-0.25, -0.2) is 0 Å². The fourth-order valence-corrected chi connectivity index (χ4v) is 2.84. The van der Waals surface area contributed by atoms with E-state index in [1.54, 1.807) is 5.56 Å². The molecule has 0 aromatic heterocycles. The molecule has 2 rings (SSSR count). The third-order valence-corrected chi connectivity index (χ3v) is 4.01. The Balaban J connectivity index is 1.98. The van der Waals surface area contributed by atoms with Crippen molar-refractivity contribution in [3.05, 3.63) is 35.4 Å². The summed E-state index contributed by atoms with van der Waals surface area (Å²) in [5.74, 6) is 1.79. The molecule has 1 aromatic carbocycles. The molecule has 1 aromatic rings. The Morgan fingerprint density at radius 2 is 1.62 bits per heavy atom. The average molecular weight is 216 g/mol. The standard InChI is InChI=1S/C16H24/c1-3-4-14-7-11-16(12-8-14)15-9-5-13(2)6-10-15/h7-8,11-13,15H,3-6,9-10H2,1-2H3. The topological polar surface area (TPSA) is 0 Å². The predicted octanol–water partition coefficient (Wildman–Crippen LogP) is 4.93. The lowest BCUT2D eigenvalue weighted by Crippen LogP contribution is -2.10. The molecule has 0 nitrogen and oxygen atoms in total. The van der Waals surface area contributed by atoms with Crippen LogP contribution in [0, 0.1) is 5.92 Å². The van der Waals surface area contributed by atoms with Crippen molar-refractivity contribution in [1.29, 1.82) is 0 Å². The van der Waals surface area contributed by atoms with Crippen molar-refractivity contribution in [2.75, 3.05) is 0 Å². The van der Waals surface area contributed by atoms with Crippen molar-refractivity contribution in [2.45, 2.75) is 58.3 Å². The maximum Gasteiger partial charge on any atom is -0.0162 e. The van der Waals surface area contributed by atoms with Crippen LogP contribution in [0.5, 0.6) is 0 Å². The number of aryl methyl sites for hydroxylation is 1. The minimum Gasteiger partial charge on any atom is -0.0651 e. The smallest absolute Gasteiger partial charge is 0.0162 e. The van der Waals surface area contributed by atoms with E-state index in [0.29, 0.717) is 0 Å². The van der Waals surface area contributed by atoms with Gasteiger partial charge in [-0.05, 0) is 42.2 Å². The lowest BCUT2D eigenvalue weighted by atomic mass is 9.79. The zero-order valence-electron chi connectivity index (χ0n) is 10.7. The monoisotopic (exact) mass is 216 g/mol. The van der Waals surface area contributed by atoms with Crippen molar-refractivity contribution in [3.63, 3.8) is 0 Å². The molecule has 1 aliphatic rings. The number of rotatable bonds is 3. The van der Waals surface area contributed by atoms with Gasteiger partial charge in [0.2, 0.25) is 0 Å². The van der Waals surface area contributed by atoms with Gasteiger partial charge < -0.3 is 0 Å². The highest BCUT2D eigenvalue weighted by Crippen LogP contribution is 2.35. The molecule has 0 spiro atoms. The lowest BCUT2D eigenvalue weighted by molar-refractivity contribution is 0.348. The molecule has 16 heavy (non-hydrogen) atoms. The number of hydrogen-bond donors (Lipinski definition) is 0. The van der Waals surface area contributed by atoms with E-state index in [0.717, 1.165) is 11.8 Å². The Morgan fingerprint density at radius 3 is 2.19 bits per heavy atom. The first-order valence-electron chi connectivity index (χ1n) is 6.88. The molecule has 0 atom stereocenters. The van der Waals surface area contributed by atoms with Crippen molar-refractivity contribution in [3.8, 4) is 0 Å². The summed E-state index contributed by atoms with van der Waals surface area (Å²) in [6, 6.07) is 9.39. The Labute approximate surface area is 100 Å². The van der Waals surface area contributed by atoms with E-state index in [1.807, 2.05) is 0 Å². The highest BCUT2D eigenvalue weighted by Gasteiger charge is 2.19. The van der Waals surface area contributed by atoms with Crippen molar-refractivity contribution in [1.82, 2.24) is 0 Å². The normalized spacial score (nSPS) is 25.6. The van der Waals surface area contributed by atoms with Crippen LogP contribution in [0.2, 0.25) is 0 Å². The van der Waals surface area contributed by atoms with Gasteiger partial charge in [0.15, 0.2) is 0 Å². The summed E-state index contributed by atoms with van der Waals surface area (Å²) >= 11 is 0. The van der Waals surface area contributed by atoms with Gasteiger partial charge in [-0.1, -0.05) is 57.4 Å². The predicted molar refractivity (Wildman–Crippen MR) is 70.8 cm³/mol. The van der Waals surface area contributed by atoms with Crippen LogP contribution in [-0.2, 0) is 6.42 Å². The van der Waals surface area contributed by atoms with E-state index in [2.05, 4.69) is 38.1 Å². The Hall–Kier alpha value is -0.780. The highest BCUT2D eigenvalue weighted by atomic mass is 14.2. The molecular formula is C16H24. The van der Waals surface area contributed by atoms with Gasteiger partial charge in [-0.2, -0.15) is 0 Å². The summed E-state index contributed by atoms with van der Waals surface area (Å²) in [5.41, 5.74) is 3.07. The Kier molecular flexibility index (Phi) is 4.04. The van der Waals surface area contributed by atoms with Gasteiger partial charge in [-0.15, -0.1) is 0 Å². The number of benzene rings is 1. The van der Waals surface area contributed by atoms with Gasteiger partial charge >= 0.3 is 0 Å². The SMILES string of the molecule is CCCc1ccc(C2CCC(C)CC2)cc1. The van der Waals surface area contributed by atoms with Crippen molar-refractivity contribution < 1.29 is 0 Å². The highest BCUT2D eigenvalue weighted by molar-refractivity contribution is 5.25. The molecular weight excluding hydrogens is 192 g/mol. The zero-order valence-corrected chi connectivity index (χ0v) is 10.7. The summed E-state index contributed by atoms with van der Waals surface area (Å²) in [5, 5.41) is 0. The summed E-state index contributed by atoms with van der Waals surface area (Å²) in [4.78, 5) is 0. The molecule has 0 aliphatic heterocycles. The van der Waals surface area contributed by atoms with Crippen LogP contribution in [0.3, 0.4) is 0 Å². The molecule has 1 fully saturated rings. The van der Waals surface area contributed by atoms with E-state index in [9.17, 15) is 0 Å². The van der Waals surface area contributed by atoms with E-state index < -0.39 is 0 Å². The largest absolute Gasteiger partial charge is 0.0651 e. The van der Waals surface area contributed by atoms with Crippen LogP contribution in [0.15, 0.2) is 24.3 Å². The molecule has 0 unspecified atom stereocenters. The zero-order chi connectivity index (χ0) is 11.4. The summed E-state index contributed by atoms with van der Waals surface area (Å²) in [6.45, 7) is 4.64. The Bertz CT molecular complexity index is 301. The van der Waals surface area contributed by atoms with E-state index in [1.165, 1.54) is 44.1 Å².